The Morgan fingerprint density at radius 2 is 2.21 bits per heavy atom. The van der Waals surface area contributed by atoms with Crippen molar-refractivity contribution in [1.29, 1.82) is 0 Å². The first-order chi connectivity index (χ1) is 6.75. The fraction of sp³-hybridized carbons (Fsp3) is 0.100. The lowest BCUT2D eigenvalue weighted by molar-refractivity contribution is 0.0673. The van der Waals surface area contributed by atoms with E-state index in [0.717, 1.165) is 4.90 Å². The van der Waals surface area contributed by atoms with Crippen LogP contribution < -0.4 is 0 Å². The van der Waals surface area contributed by atoms with E-state index in [1.165, 1.54) is 6.20 Å². The molecular weight excluding hydrogens is 180 g/mol. The third-order valence-corrected chi connectivity index (χ3v) is 1.98. The minimum Gasteiger partial charge on any atom is -0.268 e. The first-order valence-electron chi connectivity index (χ1n) is 4.00. The summed E-state index contributed by atoms with van der Waals surface area (Å²) in [5, 5.41) is 0. The first kappa shape index (κ1) is 8.45. The summed E-state index contributed by atoms with van der Waals surface area (Å²) in [6.07, 6.45) is 6.53. The van der Waals surface area contributed by atoms with Gasteiger partial charge in [-0.05, 0) is 12.1 Å². The highest BCUT2D eigenvalue weighted by Gasteiger charge is 2.35. The molecule has 2 heterocycles. The summed E-state index contributed by atoms with van der Waals surface area (Å²) < 4.78 is 0. The number of nitrogens with zero attached hydrogens (tertiary/aromatic N) is 2. The molecule has 1 aromatic rings. The van der Waals surface area contributed by atoms with Crippen molar-refractivity contribution in [2.75, 3.05) is 6.54 Å². The molecule has 0 saturated carbocycles. The Hall–Kier alpha value is -2.15. The van der Waals surface area contributed by atoms with Gasteiger partial charge in [-0.3, -0.25) is 19.5 Å². The van der Waals surface area contributed by atoms with Crippen molar-refractivity contribution in [3.63, 3.8) is 0 Å². The monoisotopic (exact) mass is 186 g/mol. The molecule has 4 nitrogen and oxygen atoms in total. The van der Waals surface area contributed by atoms with Crippen LogP contribution in [-0.2, 0) is 0 Å². The second kappa shape index (κ2) is 2.96. The standard InChI is InChI=1S/C10H6N2O2/c1-2-6-12-9(13)7-4-3-5-11-8(7)10(12)14/h1,3-5H,6H2. The van der Waals surface area contributed by atoms with E-state index in [-0.39, 0.29) is 18.1 Å². The zero-order chi connectivity index (χ0) is 10.1. The van der Waals surface area contributed by atoms with Crippen molar-refractivity contribution in [3.05, 3.63) is 29.6 Å². The van der Waals surface area contributed by atoms with Crippen molar-refractivity contribution in [2.45, 2.75) is 0 Å². The molecule has 0 aliphatic carbocycles. The molecule has 1 aliphatic heterocycles. The number of hydrogen-bond acceptors (Lipinski definition) is 3. The van der Waals surface area contributed by atoms with Gasteiger partial charge in [0.25, 0.3) is 11.8 Å². The highest BCUT2D eigenvalue weighted by Crippen LogP contribution is 2.19. The smallest absolute Gasteiger partial charge is 0.268 e. The van der Waals surface area contributed by atoms with Crippen molar-refractivity contribution in [1.82, 2.24) is 9.88 Å². The normalized spacial score (nSPS) is 14.1. The van der Waals surface area contributed by atoms with Crippen LogP contribution in [0.3, 0.4) is 0 Å². The highest BCUT2D eigenvalue weighted by molar-refractivity contribution is 6.20. The number of fused-ring (bicyclic) bond motifs is 1. The summed E-state index contributed by atoms with van der Waals surface area (Å²) >= 11 is 0. The van der Waals surface area contributed by atoms with Gasteiger partial charge in [0.05, 0.1) is 12.1 Å². The van der Waals surface area contributed by atoms with E-state index >= 15 is 0 Å². The minimum atomic E-state index is -0.413. The summed E-state index contributed by atoms with van der Waals surface area (Å²) in [5.41, 5.74) is 0.514. The molecule has 0 bridgehead atoms. The lowest BCUT2D eigenvalue weighted by atomic mass is 10.2. The van der Waals surface area contributed by atoms with Gasteiger partial charge in [-0.15, -0.1) is 6.42 Å². The molecule has 1 aliphatic rings. The summed E-state index contributed by atoms with van der Waals surface area (Å²) in [4.78, 5) is 28.0. The molecular formula is C10H6N2O2. The van der Waals surface area contributed by atoms with Gasteiger partial charge >= 0.3 is 0 Å². The van der Waals surface area contributed by atoms with Gasteiger partial charge in [0.1, 0.15) is 5.69 Å². The van der Waals surface area contributed by atoms with Crippen LogP contribution in [-0.4, -0.2) is 28.2 Å². The topological polar surface area (TPSA) is 50.3 Å². The average Bonchev–Trinajstić information content (AvgIpc) is 2.45. The Labute approximate surface area is 80.6 Å². The summed E-state index contributed by atoms with van der Waals surface area (Å²) in [7, 11) is 0. The maximum Gasteiger partial charge on any atom is 0.281 e. The fourth-order valence-electron chi connectivity index (χ4n) is 1.35. The highest BCUT2D eigenvalue weighted by atomic mass is 16.2. The Balaban J connectivity index is 2.49. The number of amides is 2. The van der Waals surface area contributed by atoms with E-state index in [1.807, 2.05) is 0 Å². The van der Waals surface area contributed by atoms with Crippen LogP contribution in [0.4, 0.5) is 0 Å². The molecule has 0 saturated heterocycles. The maximum atomic E-state index is 11.6. The zero-order valence-electron chi connectivity index (χ0n) is 7.23. The van der Waals surface area contributed by atoms with Crippen molar-refractivity contribution in [2.24, 2.45) is 0 Å². The Morgan fingerprint density at radius 1 is 1.43 bits per heavy atom. The molecule has 0 atom stereocenters. The Kier molecular flexibility index (Phi) is 1.79. The number of pyridine rings is 1. The van der Waals surface area contributed by atoms with E-state index in [9.17, 15) is 9.59 Å². The molecule has 14 heavy (non-hydrogen) atoms. The largest absolute Gasteiger partial charge is 0.281 e. The molecule has 2 amide bonds. The maximum absolute atomic E-state index is 11.6. The molecule has 0 fully saturated rings. The van der Waals surface area contributed by atoms with Crippen LogP contribution in [0.5, 0.6) is 0 Å². The first-order valence-corrected chi connectivity index (χ1v) is 4.00. The molecule has 68 valence electrons. The number of rotatable bonds is 1. The number of hydrogen-bond donors (Lipinski definition) is 0. The second-order valence-corrected chi connectivity index (χ2v) is 2.80. The van der Waals surface area contributed by atoms with Gasteiger partial charge in [-0.1, -0.05) is 5.92 Å². The number of imide groups is 1. The Morgan fingerprint density at radius 3 is 2.86 bits per heavy atom. The number of carbonyl (C=O) groups excluding carboxylic acids is 2. The van der Waals surface area contributed by atoms with Gasteiger partial charge < -0.3 is 0 Å². The van der Waals surface area contributed by atoms with Crippen molar-refractivity contribution < 1.29 is 9.59 Å². The lowest BCUT2D eigenvalue weighted by Crippen LogP contribution is -2.30. The molecule has 0 unspecified atom stereocenters. The van der Waals surface area contributed by atoms with Crippen LogP contribution >= 0.6 is 0 Å². The third kappa shape index (κ3) is 0.995. The van der Waals surface area contributed by atoms with Gasteiger partial charge in [-0.2, -0.15) is 0 Å². The van der Waals surface area contributed by atoms with Gasteiger partial charge in [0.15, 0.2) is 0 Å². The van der Waals surface area contributed by atoms with Crippen molar-refractivity contribution in [3.8, 4) is 12.3 Å². The molecule has 4 heteroatoms. The average molecular weight is 186 g/mol. The second-order valence-electron chi connectivity index (χ2n) is 2.80. The molecule has 2 rings (SSSR count). The molecule has 1 aromatic heterocycles. The van der Waals surface area contributed by atoms with E-state index in [0.29, 0.717) is 5.56 Å². The van der Waals surface area contributed by atoms with Crippen LogP contribution in [0.15, 0.2) is 18.3 Å². The predicted octanol–water partition coefficient (Wildman–Crippen LogP) is 0.311. The van der Waals surface area contributed by atoms with Gasteiger partial charge in [0.2, 0.25) is 0 Å². The molecule has 0 spiro atoms. The van der Waals surface area contributed by atoms with Gasteiger partial charge in [-0.25, -0.2) is 0 Å². The number of aromatic nitrogens is 1. The minimum absolute atomic E-state index is 0.00593. The zero-order valence-corrected chi connectivity index (χ0v) is 7.23. The van der Waals surface area contributed by atoms with E-state index in [2.05, 4.69) is 10.9 Å². The number of terminal acetylenes is 1. The SMILES string of the molecule is C#CCN1C(=O)c2cccnc2C1=O. The third-order valence-electron chi connectivity index (χ3n) is 1.98. The van der Waals surface area contributed by atoms with E-state index in [1.54, 1.807) is 12.1 Å². The van der Waals surface area contributed by atoms with Crippen LogP contribution in [0.25, 0.3) is 0 Å². The summed E-state index contributed by atoms with van der Waals surface area (Å²) in [6.45, 7) is -0.00593. The van der Waals surface area contributed by atoms with Crippen LogP contribution in [0.2, 0.25) is 0 Å². The Bertz CT molecular complexity index is 424. The van der Waals surface area contributed by atoms with Crippen LogP contribution in [0, 0.1) is 12.3 Å². The summed E-state index contributed by atoms with van der Waals surface area (Å²) in [6, 6.07) is 3.18. The molecule has 0 radical (unpaired) electrons. The molecule has 0 N–H and O–H groups in total. The molecule has 0 aromatic carbocycles. The fourth-order valence-corrected chi connectivity index (χ4v) is 1.35. The predicted molar refractivity (Wildman–Crippen MR) is 48.4 cm³/mol. The summed E-state index contributed by atoms with van der Waals surface area (Å²) in [5.74, 6) is 1.48. The van der Waals surface area contributed by atoms with E-state index < -0.39 is 5.91 Å². The number of carbonyl (C=O) groups is 2. The van der Waals surface area contributed by atoms with Crippen molar-refractivity contribution >= 4 is 11.8 Å². The van der Waals surface area contributed by atoms with Gasteiger partial charge in [0, 0.05) is 6.20 Å². The van der Waals surface area contributed by atoms with Crippen LogP contribution in [0.1, 0.15) is 20.8 Å². The lowest BCUT2D eigenvalue weighted by Gasteiger charge is -2.07. The quantitative estimate of drug-likeness (QED) is 0.468. The van der Waals surface area contributed by atoms with E-state index in [4.69, 9.17) is 6.42 Å².